The Morgan fingerprint density at radius 3 is 2.64 bits per heavy atom. The molecule has 1 aromatic carbocycles. The molecule has 2 aliphatic rings. The molecule has 3 aromatic rings. The zero-order chi connectivity index (χ0) is 19.1. The van der Waals surface area contributed by atoms with E-state index in [1.807, 2.05) is 18.6 Å². The first-order valence-electron chi connectivity index (χ1n) is 9.65. The van der Waals surface area contributed by atoms with Gasteiger partial charge in [-0.2, -0.15) is 0 Å². The van der Waals surface area contributed by atoms with Crippen LogP contribution in [0.4, 0.5) is 5.82 Å². The van der Waals surface area contributed by atoms with E-state index in [4.69, 9.17) is 14.2 Å². The van der Waals surface area contributed by atoms with Gasteiger partial charge in [0, 0.05) is 25.5 Å². The third kappa shape index (κ3) is 2.61. The minimum absolute atomic E-state index is 0.264. The van der Waals surface area contributed by atoms with Crippen molar-refractivity contribution in [3.63, 3.8) is 0 Å². The number of imidazole rings is 1. The molecule has 0 N–H and O–H groups in total. The first-order valence-corrected chi connectivity index (χ1v) is 9.65. The van der Waals surface area contributed by atoms with E-state index in [1.54, 1.807) is 20.4 Å². The minimum Gasteiger partial charge on any atom is -0.493 e. The van der Waals surface area contributed by atoms with Crippen LogP contribution in [0.15, 0.2) is 36.9 Å². The van der Waals surface area contributed by atoms with E-state index in [1.165, 1.54) is 11.1 Å². The van der Waals surface area contributed by atoms with E-state index in [2.05, 4.69) is 31.4 Å². The van der Waals surface area contributed by atoms with Crippen LogP contribution in [-0.2, 0) is 16.8 Å². The van der Waals surface area contributed by atoms with Gasteiger partial charge in [-0.25, -0.2) is 4.98 Å². The molecule has 0 unspecified atom stereocenters. The number of piperidine rings is 1. The molecule has 0 atom stereocenters. The Balaban J connectivity index is 1.46. The number of hydrogen-bond acceptors (Lipinski definition) is 6. The van der Waals surface area contributed by atoms with Crippen molar-refractivity contribution in [1.29, 1.82) is 0 Å². The molecule has 0 radical (unpaired) electrons. The lowest BCUT2D eigenvalue weighted by molar-refractivity contribution is -0.0768. The second-order valence-corrected chi connectivity index (χ2v) is 7.37. The van der Waals surface area contributed by atoms with Crippen molar-refractivity contribution in [2.24, 2.45) is 0 Å². The molecule has 5 rings (SSSR count). The summed E-state index contributed by atoms with van der Waals surface area (Å²) in [5, 5.41) is 0. The minimum atomic E-state index is -0.264. The Hall–Kier alpha value is -2.80. The fourth-order valence-corrected chi connectivity index (χ4v) is 4.57. The summed E-state index contributed by atoms with van der Waals surface area (Å²) in [6.45, 7) is 2.53. The van der Waals surface area contributed by atoms with Crippen LogP contribution in [0.5, 0.6) is 11.5 Å². The highest BCUT2D eigenvalue weighted by Gasteiger charge is 2.42. The molecule has 146 valence electrons. The van der Waals surface area contributed by atoms with Crippen LogP contribution in [0.2, 0.25) is 0 Å². The van der Waals surface area contributed by atoms with E-state index in [0.29, 0.717) is 0 Å². The summed E-state index contributed by atoms with van der Waals surface area (Å²) in [5.41, 5.74) is 3.15. The zero-order valence-corrected chi connectivity index (χ0v) is 16.2. The van der Waals surface area contributed by atoms with Crippen molar-refractivity contribution < 1.29 is 14.2 Å². The third-order valence-electron chi connectivity index (χ3n) is 6.04. The molecular weight excluding hydrogens is 356 g/mol. The standard InChI is InChI=1S/C21H24N4O3/c1-26-17-11-15-3-10-28-21(16(15)12-18(17)27-2)4-7-24(8-5-21)20-14-22-13-19-23-6-9-25(19)20/h6,9,11-14H,3-5,7-8,10H2,1-2H3. The van der Waals surface area contributed by atoms with Gasteiger partial charge in [-0.1, -0.05) is 0 Å². The number of methoxy groups -OCH3 is 2. The summed E-state index contributed by atoms with van der Waals surface area (Å²) in [6.07, 6.45) is 10.2. The molecule has 2 aromatic heterocycles. The largest absolute Gasteiger partial charge is 0.493 e. The van der Waals surface area contributed by atoms with E-state index in [-0.39, 0.29) is 5.60 Å². The maximum Gasteiger partial charge on any atom is 0.161 e. The molecule has 2 aliphatic heterocycles. The number of hydrogen-bond donors (Lipinski definition) is 0. The average molecular weight is 380 g/mol. The molecule has 0 amide bonds. The summed E-state index contributed by atoms with van der Waals surface area (Å²) in [6, 6.07) is 4.22. The number of anilines is 1. The van der Waals surface area contributed by atoms with Crippen molar-refractivity contribution in [1.82, 2.24) is 14.4 Å². The van der Waals surface area contributed by atoms with Gasteiger partial charge in [-0.05, 0) is 42.5 Å². The molecule has 0 aliphatic carbocycles. The Bertz CT molecular complexity index is 1010. The van der Waals surface area contributed by atoms with Gasteiger partial charge in [0.05, 0.1) is 38.8 Å². The zero-order valence-electron chi connectivity index (χ0n) is 16.2. The molecule has 7 heteroatoms. The maximum absolute atomic E-state index is 6.40. The highest BCUT2D eigenvalue weighted by Crippen LogP contribution is 2.45. The van der Waals surface area contributed by atoms with Crippen molar-refractivity contribution in [3.8, 4) is 11.5 Å². The van der Waals surface area contributed by atoms with Gasteiger partial charge in [0.2, 0.25) is 0 Å². The van der Waals surface area contributed by atoms with Crippen LogP contribution in [0.1, 0.15) is 24.0 Å². The molecule has 4 heterocycles. The Kier molecular flexibility index (Phi) is 4.12. The van der Waals surface area contributed by atoms with Gasteiger partial charge in [0.25, 0.3) is 0 Å². The van der Waals surface area contributed by atoms with Crippen LogP contribution in [0, 0.1) is 0 Å². The fraction of sp³-hybridized carbons (Fsp3) is 0.429. The van der Waals surface area contributed by atoms with Gasteiger partial charge in [-0.15, -0.1) is 0 Å². The van der Waals surface area contributed by atoms with Crippen molar-refractivity contribution in [2.75, 3.05) is 38.8 Å². The van der Waals surface area contributed by atoms with Crippen molar-refractivity contribution >= 4 is 11.5 Å². The summed E-state index contributed by atoms with van der Waals surface area (Å²) >= 11 is 0. The van der Waals surface area contributed by atoms with Crippen molar-refractivity contribution in [2.45, 2.75) is 24.9 Å². The Morgan fingerprint density at radius 2 is 1.86 bits per heavy atom. The second kappa shape index (κ2) is 6.67. The number of ether oxygens (including phenoxy) is 3. The summed E-state index contributed by atoms with van der Waals surface area (Å²) < 4.78 is 19.5. The quantitative estimate of drug-likeness (QED) is 0.696. The first kappa shape index (κ1) is 17.3. The number of benzene rings is 1. The molecule has 1 fully saturated rings. The third-order valence-corrected chi connectivity index (χ3v) is 6.04. The SMILES string of the molecule is COc1cc2c(cc1OC)C1(CCN(c3cncc4nccn34)CC1)OCC2. The first-order chi connectivity index (χ1) is 13.7. The van der Waals surface area contributed by atoms with Crippen LogP contribution in [-0.4, -0.2) is 48.3 Å². The molecular formula is C21H24N4O3. The van der Waals surface area contributed by atoms with Gasteiger partial charge < -0.3 is 19.1 Å². The molecule has 0 saturated carbocycles. The molecule has 1 spiro atoms. The highest BCUT2D eigenvalue weighted by atomic mass is 16.5. The molecule has 1 saturated heterocycles. The Labute approximate surface area is 163 Å². The number of nitrogens with zero attached hydrogens (tertiary/aromatic N) is 4. The summed E-state index contributed by atoms with van der Waals surface area (Å²) in [5.74, 6) is 2.63. The van der Waals surface area contributed by atoms with Crippen LogP contribution < -0.4 is 14.4 Å². The lowest BCUT2D eigenvalue weighted by atomic mass is 9.79. The van der Waals surface area contributed by atoms with Crippen LogP contribution in [0.25, 0.3) is 5.65 Å². The highest BCUT2D eigenvalue weighted by molar-refractivity contribution is 5.52. The van der Waals surface area contributed by atoms with Gasteiger partial charge in [0.1, 0.15) is 5.82 Å². The maximum atomic E-state index is 6.40. The number of aromatic nitrogens is 3. The molecule has 28 heavy (non-hydrogen) atoms. The van der Waals surface area contributed by atoms with E-state index >= 15 is 0 Å². The predicted octanol–water partition coefficient (Wildman–Crippen LogP) is 2.81. The van der Waals surface area contributed by atoms with Gasteiger partial charge in [0.15, 0.2) is 17.1 Å². The predicted molar refractivity (Wildman–Crippen MR) is 105 cm³/mol. The fourth-order valence-electron chi connectivity index (χ4n) is 4.57. The molecule has 0 bridgehead atoms. The molecule has 7 nitrogen and oxygen atoms in total. The van der Waals surface area contributed by atoms with Gasteiger partial charge in [-0.3, -0.25) is 9.38 Å². The van der Waals surface area contributed by atoms with Crippen molar-refractivity contribution in [3.05, 3.63) is 48.0 Å². The van der Waals surface area contributed by atoms with E-state index < -0.39 is 0 Å². The monoisotopic (exact) mass is 380 g/mol. The summed E-state index contributed by atoms with van der Waals surface area (Å²) in [7, 11) is 3.37. The number of rotatable bonds is 3. The number of fused-ring (bicyclic) bond motifs is 3. The lowest BCUT2D eigenvalue weighted by Gasteiger charge is -2.45. The van der Waals surface area contributed by atoms with E-state index in [9.17, 15) is 0 Å². The second-order valence-electron chi connectivity index (χ2n) is 7.37. The van der Waals surface area contributed by atoms with Crippen LogP contribution in [0.3, 0.4) is 0 Å². The lowest BCUT2D eigenvalue weighted by Crippen LogP contribution is -2.47. The van der Waals surface area contributed by atoms with Gasteiger partial charge >= 0.3 is 0 Å². The van der Waals surface area contributed by atoms with Crippen LogP contribution >= 0.6 is 0 Å². The average Bonchev–Trinajstić information content (AvgIpc) is 3.23. The summed E-state index contributed by atoms with van der Waals surface area (Å²) in [4.78, 5) is 11.1. The normalized spacial score (nSPS) is 18.3. The Morgan fingerprint density at radius 1 is 1.07 bits per heavy atom. The topological polar surface area (TPSA) is 61.1 Å². The van der Waals surface area contributed by atoms with E-state index in [0.717, 1.165) is 61.9 Å². The smallest absolute Gasteiger partial charge is 0.161 e.